The van der Waals surface area contributed by atoms with Gasteiger partial charge >= 0.3 is 5.97 Å². The van der Waals surface area contributed by atoms with Crippen molar-refractivity contribution in [1.29, 1.82) is 0 Å². The fraction of sp³-hybridized carbons (Fsp3) is 0.690. The molecule has 0 aromatic rings. The van der Waals surface area contributed by atoms with E-state index in [-0.39, 0.29) is 30.4 Å². The summed E-state index contributed by atoms with van der Waals surface area (Å²) in [6, 6.07) is 0. The van der Waals surface area contributed by atoms with Crippen molar-refractivity contribution in [3.05, 3.63) is 36.0 Å². The van der Waals surface area contributed by atoms with Gasteiger partial charge in [-0.2, -0.15) is 16.8 Å². The molecular formula is C29H40O12S2. The molecule has 9 atom stereocenters. The number of hydrogen-bond acceptors (Lipinski definition) is 12. The third-order valence-electron chi connectivity index (χ3n) is 9.81. The van der Waals surface area contributed by atoms with E-state index >= 15 is 0 Å². The van der Waals surface area contributed by atoms with Crippen molar-refractivity contribution in [1.82, 2.24) is 0 Å². The lowest BCUT2D eigenvalue weighted by atomic mass is 9.45. The third-order valence-corrected chi connectivity index (χ3v) is 10.9. The molecule has 2 N–H and O–H groups in total. The van der Waals surface area contributed by atoms with Crippen molar-refractivity contribution in [2.24, 2.45) is 28.6 Å². The lowest BCUT2D eigenvalue weighted by molar-refractivity contribution is -0.207. The molecule has 14 heteroatoms. The van der Waals surface area contributed by atoms with Gasteiger partial charge in [-0.05, 0) is 54.4 Å². The van der Waals surface area contributed by atoms with Crippen molar-refractivity contribution in [3.8, 4) is 0 Å². The fourth-order valence-corrected chi connectivity index (χ4v) is 9.49. The summed E-state index contributed by atoms with van der Waals surface area (Å²) in [7, 11) is -8.55. The Morgan fingerprint density at radius 2 is 1.74 bits per heavy atom. The van der Waals surface area contributed by atoms with Crippen LogP contribution in [0.1, 0.15) is 52.9 Å². The summed E-state index contributed by atoms with van der Waals surface area (Å²) in [5.41, 5.74) is -4.38. The average Bonchev–Trinajstić information content (AvgIpc) is 3.09. The van der Waals surface area contributed by atoms with E-state index in [2.05, 4.69) is 6.58 Å². The standard InChI is InChI=1S/C29H40O12S2/c1-7-8-9-22(34)39-29(21(33)15-30)16(2)12-18-23-24(20(32)14-28(18,29)4)27(3)11-10-17(31)13-19(27)25(40-42(5,35)36)26(23)41-43(6,37)38/h10-11,13,18,20,23-26,30,32H,2,7-9,12,14-15H2,1,3-6H3/t18-,20?,23-,24-,25?,26?,27-,28-,29-/m0/s1. The summed E-state index contributed by atoms with van der Waals surface area (Å²) in [6.07, 6.45) is 2.15. The monoisotopic (exact) mass is 644 g/mol. The summed E-state index contributed by atoms with van der Waals surface area (Å²) in [5, 5.41) is 22.0. The van der Waals surface area contributed by atoms with Crippen LogP contribution in [0.25, 0.3) is 0 Å². The van der Waals surface area contributed by atoms with Gasteiger partial charge in [-0.15, -0.1) is 0 Å². The van der Waals surface area contributed by atoms with Crippen LogP contribution in [0.4, 0.5) is 0 Å². The lowest BCUT2D eigenvalue weighted by Crippen LogP contribution is -2.68. The minimum atomic E-state index is -4.29. The van der Waals surface area contributed by atoms with E-state index in [1.54, 1.807) is 19.9 Å². The van der Waals surface area contributed by atoms with Gasteiger partial charge in [-0.3, -0.25) is 22.7 Å². The molecule has 3 saturated carbocycles. The number of allylic oxidation sites excluding steroid dienone is 3. The molecular weight excluding hydrogens is 604 g/mol. The number of aliphatic hydroxyl groups excluding tert-OH is 2. The van der Waals surface area contributed by atoms with Crippen LogP contribution < -0.4 is 0 Å². The maximum Gasteiger partial charge on any atom is 0.307 e. The molecule has 0 aromatic heterocycles. The summed E-state index contributed by atoms with van der Waals surface area (Å²) < 4.78 is 67.4. The normalized spacial score (nSPS) is 39.0. The van der Waals surface area contributed by atoms with Crippen molar-refractivity contribution in [2.75, 3.05) is 19.1 Å². The Morgan fingerprint density at radius 3 is 2.30 bits per heavy atom. The van der Waals surface area contributed by atoms with Gasteiger partial charge in [0, 0.05) is 23.2 Å². The minimum absolute atomic E-state index is 0.00414. The molecule has 0 spiro atoms. The number of hydrogen-bond donors (Lipinski definition) is 2. The Morgan fingerprint density at radius 1 is 1.12 bits per heavy atom. The highest BCUT2D eigenvalue weighted by atomic mass is 32.2. The Kier molecular flexibility index (Phi) is 8.84. The Labute approximate surface area is 252 Å². The molecule has 4 rings (SSSR count). The number of carbonyl (C=O) groups is 3. The molecule has 0 bridgehead atoms. The first-order valence-electron chi connectivity index (χ1n) is 14.2. The van der Waals surface area contributed by atoms with Gasteiger partial charge in [0.05, 0.1) is 18.6 Å². The molecule has 3 unspecified atom stereocenters. The Hall–Kier alpha value is -2.23. The van der Waals surface area contributed by atoms with Gasteiger partial charge in [0.2, 0.25) is 5.78 Å². The maximum atomic E-state index is 13.6. The highest BCUT2D eigenvalue weighted by molar-refractivity contribution is 7.86. The van der Waals surface area contributed by atoms with Crippen molar-refractivity contribution < 1.29 is 54.5 Å². The molecule has 240 valence electrons. The number of aliphatic hydroxyl groups is 2. The van der Waals surface area contributed by atoms with E-state index in [1.165, 1.54) is 12.2 Å². The van der Waals surface area contributed by atoms with Crippen molar-refractivity contribution in [2.45, 2.75) is 76.8 Å². The van der Waals surface area contributed by atoms with E-state index < -0.39 is 96.9 Å². The van der Waals surface area contributed by atoms with Gasteiger partial charge in [0.15, 0.2) is 11.4 Å². The summed E-state index contributed by atoms with van der Waals surface area (Å²) >= 11 is 0. The number of ketones is 2. The van der Waals surface area contributed by atoms with E-state index in [0.717, 1.165) is 12.5 Å². The lowest BCUT2D eigenvalue weighted by Gasteiger charge is -2.62. The van der Waals surface area contributed by atoms with Crippen molar-refractivity contribution >= 4 is 37.8 Å². The largest absolute Gasteiger partial charge is 0.446 e. The van der Waals surface area contributed by atoms with Gasteiger partial charge in [0.1, 0.15) is 18.8 Å². The zero-order chi connectivity index (χ0) is 32.3. The van der Waals surface area contributed by atoms with Crippen LogP contribution in [0.3, 0.4) is 0 Å². The van der Waals surface area contributed by atoms with E-state index in [9.17, 15) is 41.4 Å². The number of fused-ring (bicyclic) bond motifs is 5. The topological polar surface area (TPSA) is 188 Å². The van der Waals surface area contributed by atoms with E-state index in [4.69, 9.17) is 13.1 Å². The van der Waals surface area contributed by atoms with E-state index in [1.807, 2.05) is 6.92 Å². The first-order valence-corrected chi connectivity index (χ1v) is 17.8. The van der Waals surface area contributed by atoms with Crippen LogP contribution in [-0.4, -0.2) is 87.6 Å². The molecule has 0 aromatic carbocycles. The number of unbranched alkanes of at least 4 members (excludes halogenated alkanes) is 1. The quantitative estimate of drug-likeness (QED) is 0.198. The van der Waals surface area contributed by atoms with Crippen LogP contribution in [0.2, 0.25) is 0 Å². The zero-order valence-electron chi connectivity index (χ0n) is 24.9. The van der Waals surface area contributed by atoms with Crippen LogP contribution in [-0.2, 0) is 47.7 Å². The maximum absolute atomic E-state index is 13.6. The highest BCUT2D eigenvalue weighted by Crippen LogP contribution is 2.69. The van der Waals surface area contributed by atoms with Gasteiger partial charge < -0.3 is 14.9 Å². The summed E-state index contributed by atoms with van der Waals surface area (Å²) in [6.45, 7) is 8.28. The Balaban J connectivity index is 1.98. The SMILES string of the molecule is C=C1C[C@H]2[C@@H]3C(OS(C)(=O)=O)C(OS(C)(=O)=O)C4=CC(=O)C=C[C@]4(C)[C@H]3C(O)C[C@]2(C)[C@@]1(OC(=O)CCCC)C(=O)CO. The number of rotatable bonds is 10. The Bertz CT molecular complexity index is 1490. The van der Waals surface area contributed by atoms with Crippen LogP contribution in [0.15, 0.2) is 36.0 Å². The first-order chi connectivity index (χ1) is 19.8. The fourth-order valence-electron chi connectivity index (χ4n) is 8.26. The number of Topliss-reactive ketones (excluding diaryl/α,β-unsaturated/α-hetero) is 1. The van der Waals surface area contributed by atoms with Crippen molar-refractivity contribution in [3.63, 3.8) is 0 Å². The summed E-state index contributed by atoms with van der Waals surface area (Å²) in [4.78, 5) is 39.2. The molecule has 0 saturated heterocycles. The molecule has 4 aliphatic carbocycles. The second-order valence-corrected chi connectivity index (χ2v) is 15.9. The molecule has 0 radical (unpaired) electrons. The molecule has 43 heavy (non-hydrogen) atoms. The summed E-state index contributed by atoms with van der Waals surface area (Å²) in [5.74, 6) is -4.66. The predicted octanol–water partition coefficient (Wildman–Crippen LogP) is 1.37. The molecule has 0 heterocycles. The predicted molar refractivity (Wildman–Crippen MR) is 153 cm³/mol. The second-order valence-electron chi connectivity index (χ2n) is 12.7. The van der Waals surface area contributed by atoms with Crippen LogP contribution in [0, 0.1) is 28.6 Å². The molecule has 4 aliphatic rings. The molecule has 0 amide bonds. The van der Waals surface area contributed by atoms with Gasteiger partial charge in [-0.25, -0.2) is 0 Å². The number of ether oxygens (including phenoxy) is 1. The van der Waals surface area contributed by atoms with Gasteiger partial charge in [0.25, 0.3) is 20.2 Å². The zero-order valence-corrected chi connectivity index (χ0v) is 26.6. The highest BCUT2D eigenvalue weighted by Gasteiger charge is 2.74. The molecule has 3 fully saturated rings. The minimum Gasteiger partial charge on any atom is -0.446 e. The molecule has 0 aliphatic heterocycles. The number of carbonyl (C=O) groups excluding carboxylic acids is 3. The third kappa shape index (κ3) is 5.59. The van der Waals surface area contributed by atoms with Gasteiger partial charge in [-0.1, -0.05) is 39.8 Å². The first kappa shape index (κ1) is 33.7. The number of esters is 1. The smallest absolute Gasteiger partial charge is 0.307 e. The average molecular weight is 645 g/mol. The molecule has 12 nitrogen and oxygen atoms in total. The van der Waals surface area contributed by atoms with Crippen LogP contribution in [0.5, 0.6) is 0 Å². The second kappa shape index (κ2) is 11.3. The van der Waals surface area contributed by atoms with E-state index in [0.29, 0.717) is 12.8 Å². The van der Waals surface area contributed by atoms with Crippen LogP contribution >= 0.6 is 0 Å².